The summed E-state index contributed by atoms with van der Waals surface area (Å²) in [6.07, 6.45) is 29.3. The van der Waals surface area contributed by atoms with Gasteiger partial charge >= 0.3 is 0 Å². The van der Waals surface area contributed by atoms with Gasteiger partial charge in [-0.25, -0.2) is 0 Å². The Morgan fingerprint density at radius 3 is 2.10 bits per heavy atom. The molecule has 0 saturated carbocycles. The minimum Gasteiger partial charge on any atom is -0.374 e. The number of terminal acetylenes is 1. The third-order valence-corrected chi connectivity index (χ3v) is 11.4. The normalized spacial score (nSPS) is 12.2. The van der Waals surface area contributed by atoms with E-state index in [2.05, 4.69) is 134 Å². The monoisotopic (exact) mass is 719 g/mol. The smallest absolute Gasteiger partial charge is 0.101 e. The second kappa shape index (κ2) is 31.4. The SMILES string of the molecule is C#C.C=C(c1cc(CNCCC)c(C)cc1C)N(CCCC1=C(C)CCC=C1)S(C)(C)CC.C=C/C=C(\C(=C)C#N)N(C)CCC.CC.CCC. The van der Waals surface area contributed by atoms with E-state index in [1.807, 2.05) is 31.9 Å². The van der Waals surface area contributed by atoms with E-state index in [-0.39, 0.29) is 0 Å². The predicted octanol–water partition coefficient (Wildman–Crippen LogP) is 12.7. The van der Waals surface area contributed by atoms with Crippen LogP contribution >= 0.6 is 10.2 Å². The van der Waals surface area contributed by atoms with Crippen molar-refractivity contribution in [1.29, 1.82) is 5.26 Å². The van der Waals surface area contributed by atoms with Gasteiger partial charge in [-0.15, -0.1) is 12.8 Å². The summed E-state index contributed by atoms with van der Waals surface area (Å²) in [5, 5.41) is 12.3. The fourth-order valence-corrected chi connectivity index (χ4v) is 7.02. The molecule has 1 aliphatic rings. The fourth-order valence-electron chi connectivity index (χ4n) is 5.39. The molecular formula is C46H78N4S. The molecule has 0 saturated heterocycles. The maximum absolute atomic E-state index is 8.70. The number of rotatable bonds is 17. The highest BCUT2D eigenvalue weighted by Gasteiger charge is 2.23. The van der Waals surface area contributed by atoms with Gasteiger partial charge in [-0.1, -0.05) is 104 Å². The Labute approximate surface area is 320 Å². The Morgan fingerprint density at radius 1 is 1.00 bits per heavy atom. The summed E-state index contributed by atoms with van der Waals surface area (Å²) >= 11 is 0. The number of nitrogens with zero attached hydrogens (tertiary/aromatic N) is 3. The molecule has 0 radical (unpaired) electrons. The van der Waals surface area contributed by atoms with E-state index in [0.29, 0.717) is 5.57 Å². The number of likely N-dealkylation sites (N-methyl/N-ethyl adjacent to an activating group) is 1. The van der Waals surface area contributed by atoms with Crippen LogP contribution in [0, 0.1) is 38.0 Å². The quantitative estimate of drug-likeness (QED) is 0.0754. The molecule has 0 aliphatic heterocycles. The first-order valence-electron chi connectivity index (χ1n) is 19.1. The minimum atomic E-state index is -0.901. The van der Waals surface area contributed by atoms with Gasteiger partial charge in [-0.05, 0) is 119 Å². The number of hydrogen-bond donors (Lipinski definition) is 1. The highest BCUT2D eigenvalue weighted by molar-refractivity contribution is 8.30. The molecule has 0 bridgehead atoms. The lowest BCUT2D eigenvalue weighted by atomic mass is 9.95. The van der Waals surface area contributed by atoms with Gasteiger partial charge in [0, 0.05) is 37.9 Å². The Hall–Kier alpha value is -3.38. The average Bonchev–Trinajstić information content (AvgIpc) is 3.12. The molecule has 2 rings (SSSR count). The van der Waals surface area contributed by atoms with Crippen molar-refractivity contribution in [2.45, 2.75) is 121 Å². The molecule has 0 amide bonds. The number of hydrogen-bond acceptors (Lipinski definition) is 4. The first-order valence-corrected chi connectivity index (χ1v) is 21.7. The van der Waals surface area contributed by atoms with Crippen molar-refractivity contribution in [3.63, 3.8) is 0 Å². The van der Waals surface area contributed by atoms with E-state index in [1.54, 1.807) is 23.3 Å². The maximum Gasteiger partial charge on any atom is 0.101 e. The highest BCUT2D eigenvalue weighted by Crippen LogP contribution is 2.49. The topological polar surface area (TPSA) is 42.3 Å². The van der Waals surface area contributed by atoms with E-state index >= 15 is 0 Å². The molecule has 0 spiro atoms. The molecule has 1 aromatic rings. The molecule has 4 nitrogen and oxygen atoms in total. The number of nitriles is 1. The summed E-state index contributed by atoms with van der Waals surface area (Å²) in [5.74, 6) is 1.18. The van der Waals surface area contributed by atoms with Crippen molar-refractivity contribution in [2.24, 2.45) is 0 Å². The summed E-state index contributed by atoms with van der Waals surface area (Å²) < 4.78 is 2.65. The van der Waals surface area contributed by atoms with E-state index in [4.69, 9.17) is 5.26 Å². The third-order valence-electron chi connectivity index (χ3n) is 8.39. The van der Waals surface area contributed by atoms with E-state index in [1.165, 1.54) is 65.8 Å². The Balaban J connectivity index is -0.000000959. The highest BCUT2D eigenvalue weighted by atomic mass is 32.3. The minimum absolute atomic E-state index is 0.482. The molecule has 1 aliphatic carbocycles. The van der Waals surface area contributed by atoms with Crippen molar-refractivity contribution < 1.29 is 0 Å². The van der Waals surface area contributed by atoms with Crippen LogP contribution in [0.5, 0.6) is 0 Å². The molecule has 1 aromatic carbocycles. The van der Waals surface area contributed by atoms with Gasteiger partial charge < -0.3 is 14.5 Å². The van der Waals surface area contributed by atoms with Gasteiger partial charge in [-0.2, -0.15) is 15.5 Å². The van der Waals surface area contributed by atoms with Crippen LogP contribution in [0.1, 0.15) is 123 Å². The van der Waals surface area contributed by atoms with Crippen LogP contribution in [0.2, 0.25) is 0 Å². The molecule has 288 valence electrons. The zero-order valence-corrected chi connectivity index (χ0v) is 36.3. The van der Waals surface area contributed by atoms with Gasteiger partial charge in [0.25, 0.3) is 0 Å². The van der Waals surface area contributed by atoms with E-state index < -0.39 is 10.2 Å². The molecule has 0 heterocycles. The zero-order valence-electron chi connectivity index (χ0n) is 35.5. The second-order valence-electron chi connectivity index (χ2n) is 12.9. The van der Waals surface area contributed by atoms with Gasteiger partial charge in [-0.3, -0.25) is 0 Å². The van der Waals surface area contributed by atoms with E-state index in [9.17, 15) is 0 Å². The Kier molecular flexibility index (Phi) is 32.0. The lowest BCUT2D eigenvalue weighted by Crippen LogP contribution is -2.28. The lowest BCUT2D eigenvalue weighted by Gasteiger charge is -2.46. The van der Waals surface area contributed by atoms with Crippen LogP contribution in [-0.2, 0) is 6.54 Å². The van der Waals surface area contributed by atoms with Crippen LogP contribution in [-0.4, -0.2) is 54.2 Å². The van der Waals surface area contributed by atoms with Crippen molar-refractivity contribution >= 4 is 15.9 Å². The first kappa shape index (κ1) is 52.0. The van der Waals surface area contributed by atoms with Gasteiger partial charge in [0.2, 0.25) is 0 Å². The van der Waals surface area contributed by atoms with Crippen LogP contribution in [0.25, 0.3) is 5.70 Å². The lowest BCUT2D eigenvalue weighted by molar-refractivity contribution is 0.426. The fraction of sp³-hybridized carbons (Fsp3) is 0.543. The summed E-state index contributed by atoms with van der Waals surface area (Å²) in [6, 6.07) is 6.77. The summed E-state index contributed by atoms with van der Waals surface area (Å²) in [7, 11) is 1.05. The van der Waals surface area contributed by atoms with Crippen molar-refractivity contribution in [3.05, 3.63) is 101 Å². The van der Waals surface area contributed by atoms with Crippen molar-refractivity contribution in [3.8, 4) is 18.9 Å². The van der Waals surface area contributed by atoms with Crippen LogP contribution in [0.4, 0.5) is 0 Å². The average molecular weight is 719 g/mol. The molecule has 0 fully saturated rings. The zero-order chi connectivity index (χ0) is 40.0. The molecule has 0 unspecified atom stereocenters. The van der Waals surface area contributed by atoms with Gasteiger partial charge in [0.05, 0.1) is 11.3 Å². The Bertz CT molecular complexity index is 1300. The van der Waals surface area contributed by atoms with Crippen LogP contribution in [0.3, 0.4) is 0 Å². The number of nitrogens with one attached hydrogen (secondary N) is 1. The number of benzene rings is 1. The van der Waals surface area contributed by atoms with E-state index in [0.717, 1.165) is 44.7 Å². The molecule has 5 heteroatoms. The standard InChI is InChI=1S/C28H46N2S.C11H16N2.C3H8.C2H6.C2H2/c1-9-17-29-21-27-20-28(24(5)19-23(27)4)25(6)30(31(7,8)10-2)18-13-16-26-15-12-11-14-22(26)3;1-5-7-11(10(3)9-12)13(4)8-6-2;1-3-2;2*1-2/h12,15,19-20,29H,6,9-11,13-14,16-18,21H2,1-5,7-8H3;5,7H,1,3,6,8H2,2,4H3;3H2,1-2H3;1-2H3;1-2H/b;11-7+;;;. The third kappa shape index (κ3) is 20.3. The summed E-state index contributed by atoms with van der Waals surface area (Å²) in [5.41, 5.74) is 11.1. The molecule has 1 N–H and O–H groups in total. The van der Waals surface area contributed by atoms with Gasteiger partial charge in [0.15, 0.2) is 0 Å². The first-order chi connectivity index (χ1) is 24.3. The molecule has 0 aromatic heterocycles. The summed E-state index contributed by atoms with van der Waals surface area (Å²) in [6.45, 7) is 37.6. The molecular weight excluding hydrogens is 641 g/mol. The van der Waals surface area contributed by atoms with Crippen LogP contribution < -0.4 is 5.32 Å². The number of allylic oxidation sites excluding steroid dienone is 7. The molecule has 0 atom stereocenters. The molecule has 51 heavy (non-hydrogen) atoms. The van der Waals surface area contributed by atoms with Crippen molar-refractivity contribution in [2.75, 3.05) is 44.9 Å². The second-order valence-corrected chi connectivity index (χ2v) is 16.9. The van der Waals surface area contributed by atoms with Gasteiger partial charge in [0.1, 0.15) is 6.07 Å². The predicted molar refractivity (Wildman–Crippen MR) is 237 cm³/mol. The summed E-state index contributed by atoms with van der Waals surface area (Å²) in [4.78, 5) is 2.01. The number of aryl methyl sites for hydroxylation is 2. The maximum atomic E-state index is 8.70. The van der Waals surface area contributed by atoms with Crippen molar-refractivity contribution in [1.82, 2.24) is 14.5 Å². The van der Waals surface area contributed by atoms with Crippen LogP contribution in [0.15, 0.2) is 78.6 Å². The largest absolute Gasteiger partial charge is 0.374 e. The Morgan fingerprint density at radius 2 is 1.61 bits per heavy atom.